The van der Waals surface area contributed by atoms with Crippen molar-refractivity contribution in [1.82, 2.24) is 0 Å². The molecule has 0 saturated carbocycles. The number of phenols is 1. The first-order valence-electron chi connectivity index (χ1n) is 4.81. The third kappa shape index (κ3) is 2.59. The van der Waals surface area contributed by atoms with Crippen LogP contribution >= 0.6 is 0 Å². The summed E-state index contributed by atoms with van der Waals surface area (Å²) >= 11 is 0. The average molecular weight is 224 g/mol. The van der Waals surface area contributed by atoms with Gasteiger partial charge in [0.05, 0.1) is 7.11 Å². The van der Waals surface area contributed by atoms with E-state index < -0.39 is 11.8 Å². The van der Waals surface area contributed by atoms with Gasteiger partial charge in [-0.05, 0) is 25.5 Å². The summed E-state index contributed by atoms with van der Waals surface area (Å²) in [5, 5.41) is 9.74. The Labute approximate surface area is 93.2 Å². The van der Waals surface area contributed by atoms with Crippen LogP contribution in [0.3, 0.4) is 0 Å². The molecule has 0 radical (unpaired) electrons. The number of methoxy groups -OCH3 is 1. The molecule has 0 heterocycles. The lowest BCUT2D eigenvalue weighted by atomic mass is 10.1. The Morgan fingerprint density at radius 3 is 2.81 bits per heavy atom. The molecule has 0 unspecified atom stereocenters. The minimum Gasteiger partial charge on any atom is -0.507 e. The molecule has 0 saturated heterocycles. The second-order valence-electron chi connectivity index (χ2n) is 3.23. The monoisotopic (exact) mass is 224 g/mol. The summed E-state index contributed by atoms with van der Waals surface area (Å²) in [6, 6.07) is 2.15. The highest BCUT2D eigenvalue weighted by molar-refractivity contribution is 5.92. The highest BCUT2D eigenvalue weighted by Crippen LogP contribution is 2.25. The van der Waals surface area contributed by atoms with Gasteiger partial charge in [-0.25, -0.2) is 9.18 Å². The first-order chi connectivity index (χ1) is 7.60. The molecule has 16 heavy (non-hydrogen) atoms. The maximum atomic E-state index is 13.2. The standard InChI is InChI=1S/C12H13FO3/c1-3-4-5-8-6-9(13)7-10(11(8)14)12(15)16-2/h3-4,6-7,14H,5H2,1-2H3/b4-3+. The molecule has 86 valence electrons. The number of allylic oxidation sites excluding steroid dienone is 2. The van der Waals surface area contributed by atoms with Gasteiger partial charge in [0.25, 0.3) is 0 Å². The van der Waals surface area contributed by atoms with Crippen LogP contribution in [0.1, 0.15) is 22.8 Å². The molecule has 1 aromatic rings. The summed E-state index contributed by atoms with van der Waals surface area (Å²) in [6.07, 6.45) is 3.90. The smallest absolute Gasteiger partial charge is 0.341 e. The zero-order chi connectivity index (χ0) is 12.1. The zero-order valence-electron chi connectivity index (χ0n) is 9.16. The number of hydrogen-bond donors (Lipinski definition) is 1. The van der Waals surface area contributed by atoms with Gasteiger partial charge >= 0.3 is 5.97 Å². The molecule has 1 rings (SSSR count). The molecule has 3 nitrogen and oxygen atoms in total. The lowest BCUT2D eigenvalue weighted by Crippen LogP contribution is -2.04. The minimum atomic E-state index is -0.751. The van der Waals surface area contributed by atoms with Crippen LogP contribution in [0, 0.1) is 5.82 Å². The van der Waals surface area contributed by atoms with Crippen molar-refractivity contribution in [1.29, 1.82) is 0 Å². The van der Waals surface area contributed by atoms with Gasteiger partial charge in [0.2, 0.25) is 0 Å². The van der Waals surface area contributed by atoms with Crippen LogP contribution < -0.4 is 0 Å². The van der Waals surface area contributed by atoms with Crippen molar-refractivity contribution >= 4 is 5.97 Å². The topological polar surface area (TPSA) is 46.5 Å². The predicted molar refractivity (Wildman–Crippen MR) is 57.9 cm³/mol. The molecule has 0 aliphatic heterocycles. The van der Waals surface area contributed by atoms with Gasteiger partial charge < -0.3 is 9.84 Å². The fraction of sp³-hybridized carbons (Fsp3) is 0.250. The predicted octanol–water partition coefficient (Wildman–Crippen LogP) is 2.44. The molecule has 0 fully saturated rings. The molecule has 4 heteroatoms. The number of hydrogen-bond acceptors (Lipinski definition) is 3. The Balaban J connectivity index is 3.20. The molecule has 1 N–H and O–H groups in total. The van der Waals surface area contributed by atoms with E-state index in [1.807, 2.05) is 6.92 Å². The summed E-state index contributed by atoms with van der Waals surface area (Å²) in [5.41, 5.74) is 0.209. The molecular weight excluding hydrogens is 211 g/mol. The van der Waals surface area contributed by atoms with E-state index in [-0.39, 0.29) is 11.3 Å². The average Bonchev–Trinajstić information content (AvgIpc) is 2.28. The van der Waals surface area contributed by atoms with Gasteiger partial charge in [-0.1, -0.05) is 12.2 Å². The van der Waals surface area contributed by atoms with Crippen molar-refractivity contribution in [3.05, 3.63) is 41.2 Å². The zero-order valence-corrected chi connectivity index (χ0v) is 9.16. The number of esters is 1. The largest absolute Gasteiger partial charge is 0.507 e. The fourth-order valence-electron chi connectivity index (χ4n) is 1.32. The maximum absolute atomic E-state index is 13.2. The molecular formula is C12H13FO3. The van der Waals surface area contributed by atoms with Gasteiger partial charge in [-0.2, -0.15) is 0 Å². The summed E-state index contributed by atoms with van der Waals surface area (Å²) in [6.45, 7) is 1.82. The van der Waals surface area contributed by atoms with Crippen molar-refractivity contribution in [3.63, 3.8) is 0 Å². The molecule has 0 aliphatic rings. The number of carbonyl (C=O) groups is 1. The first-order valence-corrected chi connectivity index (χ1v) is 4.81. The number of phenolic OH excluding ortho intramolecular Hbond substituents is 1. The van der Waals surface area contributed by atoms with Gasteiger partial charge in [-0.15, -0.1) is 0 Å². The van der Waals surface area contributed by atoms with E-state index in [0.717, 1.165) is 6.07 Å². The second-order valence-corrected chi connectivity index (χ2v) is 3.23. The summed E-state index contributed by atoms with van der Waals surface area (Å²) in [7, 11) is 1.18. The molecule has 1 aromatic carbocycles. The van der Waals surface area contributed by atoms with Crippen molar-refractivity contribution < 1.29 is 19.0 Å². The third-order valence-electron chi connectivity index (χ3n) is 2.13. The van der Waals surface area contributed by atoms with Gasteiger partial charge in [0, 0.05) is 5.56 Å². The van der Waals surface area contributed by atoms with Crippen LogP contribution in [0.5, 0.6) is 5.75 Å². The van der Waals surface area contributed by atoms with Crippen molar-refractivity contribution in [3.8, 4) is 5.75 Å². The van der Waals surface area contributed by atoms with E-state index in [1.54, 1.807) is 12.2 Å². The van der Waals surface area contributed by atoms with E-state index in [1.165, 1.54) is 13.2 Å². The maximum Gasteiger partial charge on any atom is 0.341 e. The Morgan fingerprint density at radius 2 is 2.25 bits per heavy atom. The molecule has 0 bridgehead atoms. The Hall–Kier alpha value is -1.84. The Morgan fingerprint density at radius 1 is 1.56 bits per heavy atom. The lowest BCUT2D eigenvalue weighted by molar-refractivity contribution is 0.0596. The van der Waals surface area contributed by atoms with Gasteiger partial charge in [0.1, 0.15) is 17.1 Å². The van der Waals surface area contributed by atoms with E-state index in [0.29, 0.717) is 12.0 Å². The number of rotatable bonds is 3. The molecule has 0 amide bonds. The molecule has 0 aliphatic carbocycles. The summed E-state index contributed by atoms with van der Waals surface area (Å²) < 4.78 is 17.6. The van der Waals surface area contributed by atoms with E-state index in [4.69, 9.17) is 0 Å². The van der Waals surface area contributed by atoms with Crippen LogP contribution in [0.25, 0.3) is 0 Å². The highest BCUT2D eigenvalue weighted by atomic mass is 19.1. The second kappa shape index (κ2) is 5.30. The number of ether oxygens (including phenoxy) is 1. The van der Waals surface area contributed by atoms with Crippen LogP contribution in [-0.2, 0) is 11.2 Å². The quantitative estimate of drug-likeness (QED) is 0.633. The van der Waals surface area contributed by atoms with Crippen molar-refractivity contribution in [2.24, 2.45) is 0 Å². The third-order valence-corrected chi connectivity index (χ3v) is 2.13. The van der Waals surface area contributed by atoms with Crippen molar-refractivity contribution in [2.45, 2.75) is 13.3 Å². The van der Waals surface area contributed by atoms with Crippen LogP contribution in [0.2, 0.25) is 0 Å². The highest BCUT2D eigenvalue weighted by Gasteiger charge is 2.16. The molecule has 0 atom stereocenters. The van der Waals surface area contributed by atoms with Gasteiger partial charge in [-0.3, -0.25) is 0 Å². The van der Waals surface area contributed by atoms with Crippen molar-refractivity contribution in [2.75, 3.05) is 7.11 Å². The normalized spacial score (nSPS) is 10.7. The Bertz CT molecular complexity index is 425. The molecule has 0 aromatic heterocycles. The van der Waals surface area contributed by atoms with Crippen LogP contribution in [0.4, 0.5) is 4.39 Å². The Kier molecular flexibility index (Phi) is 4.05. The number of benzene rings is 1. The fourth-order valence-corrected chi connectivity index (χ4v) is 1.32. The van der Waals surface area contributed by atoms with Crippen LogP contribution in [0.15, 0.2) is 24.3 Å². The van der Waals surface area contributed by atoms with E-state index in [2.05, 4.69) is 4.74 Å². The first kappa shape index (κ1) is 12.2. The SMILES string of the molecule is C/C=C/Cc1cc(F)cc(C(=O)OC)c1O. The lowest BCUT2D eigenvalue weighted by Gasteiger charge is -2.07. The number of halogens is 1. The summed E-state index contributed by atoms with van der Waals surface area (Å²) in [4.78, 5) is 11.2. The number of aromatic hydroxyl groups is 1. The van der Waals surface area contributed by atoms with Gasteiger partial charge in [0.15, 0.2) is 0 Å². The summed E-state index contributed by atoms with van der Waals surface area (Å²) in [5.74, 6) is -1.55. The number of carbonyl (C=O) groups excluding carboxylic acids is 1. The van der Waals surface area contributed by atoms with E-state index in [9.17, 15) is 14.3 Å². The van der Waals surface area contributed by atoms with E-state index >= 15 is 0 Å². The molecule has 0 spiro atoms. The van der Waals surface area contributed by atoms with Crippen LogP contribution in [-0.4, -0.2) is 18.2 Å². The minimum absolute atomic E-state index is 0.151.